The zero-order valence-corrected chi connectivity index (χ0v) is 9.82. The molecule has 17 heavy (non-hydrogen) atoms. The summed E-state index contributed by atoms with van der Waals surface area (Å²) >= 11 is 0. The molecule has 1 amide bonds. The molecule has 0 aliphatic carbocycles. The van der Waals surface area contributed by atoms with Crippen molar-refractivity contribution >= 4 is 11.6 Å². The van der Waals surface area contributed by atoms with E-state index in [-0.39, 0.29) is 0 Å². The third kappa shape index (κ3) is 3.46. The van der Waals surface area contributed by atoms with E-state index in [1.165, 1.54) is 6.42 Å². The third-order valence-corrected chi connectivity index (χ3v) is 3.02. The average Bonchev–Trinajstić information content (AvgIpc) is 2.38. The van der Waals surface area contributed by atoms with E-state index >= 15 is 0 Å². The number of hydrogen-bond acceptors (Lipinski definition) is 3. The van der Waals surface area contributed by atoms with Gasteiger partial charge in [0.15, 0.2) is 0 Å². The summed E-state index contributed by atoms with van der Waals surface area (Å²) in [4.78, 5) is 10.9. The second-order valence-corrected chi connectivity index (χ2v) is 4.41. The maximum absolute atomic E-state index is 10.9. The fourth-order valence-corrected chi connectivity index (χ4v) is 1.98. The molecule has 1 heterocycles. The second-order valence-electron chi connectivity index (χ2n) is 4.41. The van der Waals surface area contributed by atoms with Crippen LogP contribution in [-0.2, 0) is 4.74 Å². The molecule has 1 aromatic carbocycles. The third-order valence-electron chi connectivity index (χ3n) is 3.02. The highest BCUT2D eigenvalue weighted by atomic mass is 16.5. The highest BCUT2D eigenvalue weighted by Gasteiger charge is 2.13. The van der Waals surface area contributed by atoms with Gasteiger partial charge in [0, 0.05) is 24.4 Å². The Kier molecular flexibility index (Phi) is 3.98. The van der Waals surface area contributed by atoms with Crippen LogP contribution in [0.5, 0.6) is 0 Å². The predicted molar refractivity (Wildman–Crippen MR) is 67.0 cm³/mol. The number of carbonyl (C=O) groups excluding carboxylic acids is 1. The first kappa shape index (κ1) is 11.9. The lowest BCUT2D eigenvalue weighted by atomic mass is 10.0. The molecule has 1 aliphatic rings. The minimum atomic E-state index is -0.391. The van der Waals surface area contributed by atoms with Gasteiger partial charge in [-0.15, -0.1) is 0 Å². The Bertz CT molecular complexity index is 370. The highest BCUT2D eigenvalue weighted by molar-refractivity contribution is 5.93. The minimum absolute atomic E-state index is 0.391. The number of hydrogen-bond donors (Lipinski definition) is 2. The van der Waals surface area contributed by atoms with Crippen molar-refractivity contribution in [2.75, 3.05) is 25.1 Å². The van der Waals surface area contributed by atoms with Crippen LogP contribution in [-0.4, -0.2) is 25.7 Å². The molecule has 1 fully saturated rings. The van der Waals surface area contributed by atoms with Crippen LogP contribution in [0.1, 0.15) is 23.2 Å². The fourth-order valence-electron chi connectivity index (χ4n) is 1.98. The Balaban J connectivity index is 1.84. The van der Waals surface area contributed by atoms with Gasteiger partial charge in [-0.05, 0) is 43.0 Å². The molecule has 0 saturated carbocycles. The molecule has 1 unspecified atom stereocenters. The molecule has 4 nitrogen and oxygen atoms in total. The number of anilines is 1. The monoisotopic (exact) mass is 234 g/mol. The van der Waals surface area contributed by atoms with E-state index in [2.05, 4.69) is 5.32 Å². The molecule has 3 N–H and O–H groups in total. The molecule has 0 aromatic heterocycles. The number of benzene rings is 1. The molecule has 0 bridgehead atoms. The van der Waals surface area contributed by atoms with Gasteiger partial charge < -0.3 is 15.8 Å². The molecular weight excluding hydrogens is 216 g/mol. The van der Waals surface area contributed by atoms with Gasteiger partial charge in [0.25, 0.3) is 0 Å². The lowest BCUT2D eigenvalue weighted by Gasteiger charge is -2.22. The van der Waals surface area contributed by atoms with Crippen LogP contribution >= 0.6 is 0 Å². The lowest BCUT2D eigenvalue weighted by molar-refractivity contribution is 0.0595. The summed E-state index contributed by atoms with van der Waals surface area (Å²) in [6.45, 7) is 2.64. The molecule has 1 saturated heterocycles. The molecule has 1 atom stereocenters. The predicted octanol–water partition coefficient (Wildman–Crippen LogP) is 1.62. The first-order valence-electron chi connectivity index (χ1n) is 5.97. The van der Waals surface area contributed by atoms with Crippen LogP contribution in [0.25, 0.3) is 0 Å². The zero-order valence-electron chi connectivity index (χ0n) is 9.82. The summed E-state index contributed by atoms with van der Waals surface area (Å²) in [7, 11) is 0. The summed E-state index contributed by atoms with van der Waals surface area (Å²) in [5, 5.41) is 3.35. The Morgan fingerprint density at radius 3 is 2.76 bits per heavy atom. The minimum Gasteiger partial charge on any atom is -0.385 e. The largest absolute Gasteiger partial charge is 0.385 e. The summed E-state index contributed by atoms with van der Waals surface area (Å²) in [6.07, 6.45) is 2.36. The van der Waals surface area contributed by atoms with E-state index in [1.54, 1.807) is 12.1 Å². The van der Waals surface area contributed by atoms with Crippen LogP contribution in [0.15, 0.2) is 24.3 Å². The smallest absolute Gasteiger partial charge is 0.248 e. The summed E-state index contributed by atoms with van der Waals surface area (Å²) in [6, 6.07) is 7.23. The Labute approximate surface area is 101 Å². The number of nitrogens with two attached hydrogens (primary N) is 1. The fraction of sp³-hybridized carbons (Fsp3) is 0.462. The van der Waals surface area contributed by atoms with Crippen molar-refractivity contribution in [1.29, 1.82) is 0 Å². The van der Waals surface area contributed by atoms with Gasteiger partial charge in [-0.25, -0.2) is 0 Å². The topological polar surface area (TPSA) is 64.4 Å². The van der Waals surface area contributed by atoms with Crippen molar-refractivity contribution in [3.63, 3.8) is 0 Å². The quantitative estimate of drug-likeness (QED) is 0.832. The normalized spacial score (nSPS) is 19.9. The number of primary amides is 1. The van der Waals surface area contributed by atoms with Crippen molar-refractivity contribution in [3.8, 4) is 0 Å². The van der Waals surface area contributed by atoms with Crippen LogP contribution in [0, 0.1) is 5.92 Å². The number of ether oxygens (including phenoxy) is 1. The van der Waals surface area contributed by atoms with Gasteiger partial charge in [0.1, 0.15) is 0 Å². The van der Waals surface area contributed by atoms with Crippen molar-refractivity contribution in [3.05, 3.63) is 29.8 Å². The first-order chi connectivity index (χ1) is 8.25. The summed E-state index contributed by atoms with van der Waals surface area (Å²) < 4.78 is 5.42. The van der Waals surface area contributed by atoms with Crippen molar-refractivity contribution in [2.45, 2.75) is 12.8 Å². The molecule has 0 radical (unpaired) electrons. The summed E-state index contributed by atoms with van der Waals surface area (Å²) in [5.41, 5.74) is 6.73. The molecule has 1 aromatic rings. The summed E-state index contributed by atoms with van der Waals surface area (Å²) in [5.74, 6) is 0.191. The van der Waals surface area contributed by atoms with Gasteiger partial charge in [-0.1, -0.05) is 0 Å². The number of nitrogens with one attached hydrogen (secondary N) is 1. The maximum atomic E-state index is 10.9. The number of amides is 1. The number of carbonyl (C=O) groups is 1. The van der Waals surface area contributed by atoms with E-state index in [9.17, 15) is 4.79 Å². The second kappa shape index (κ2) is 5.68. The molecule has 92 valence electrons. The van der Waals surface area contributed by atoms with Gasteiger partial charge in [-0.2, -0.15) is 0 Å². The molecule has 1 aliphatic heterocycles. The number of rotatable bonds is 4. The van der Waals surface area contributed by atoms with Crippen LogP contribution in [0.2, 0.25) is 0 Å². The maximum Gasteiger partial charge on any atom is 0.248 e. The zero-order chi connectivity index (χ0) is 12.1. The molecular formula is C13H18N2O2. The van der Waals surface area contributed by atoms with Crippen molar-refractivity contribution in [1.82, 2.24) is 0 Å². The van der Waals surface area contributed by atoms with E-state index in [1.807, 2.05) is 12.1 Å². The van der Waals surface area contributed by atoms with Gasteiger partial charge >= 0.3 is 0 Å². The lowest BCUT2D eigenvalue weighted by Crippen LogP contribution is -2.24. The van der Waals surface area contributed by atoms with E-state index < -0.39 is 5.91 Å². The van der Waals surface area contributed by atoms with E-state index in [0.29, 0.717) is 11.5 Å². The van der Waals surface area contributed by atoms with Crippen LogP contribution in [0.3, 0.4) is 0 Å². The van der Waals surface area contributed by atoms with Gasteiger partial charge in [-0.3, -0.25) is 4.79 Å². The van der Waals surface area contributed by atoms with Crippen LogP contribution in [0.4, 0.5) is 5.69 Å². The average molecular weight is 234 g/mol. The first-order valence-corrected chi connectivity index (χ1v) is 5.97. The Morgan fingerprint density at radius 1 is 1.41 bits per heavy atom. The van der Waals surface area contributed by atoms with E-state index in [0.717, 1.165) is 31.9 Å². The molecule has 2 rings (SSSR count). The Hall–Kier alpha value is -1.55. The van der Waals surface area contributed by atoms with E-state index in [4.69, 9.17) is 10.5 Å². The molecule has 4 heteroatoms. The molecule has 0 spiro atoms. The van der Waals surface area contributed by atoms with Crippen molar-refractivity contribution < 1.29 is 9.53 Å². The Morgan fingerprint density at radius 2 is 2.18 bits per heavy atom. The van der Waals surface area contributed by atoms with Gasteiger partial charge in [0.05, 0.1) is 6.61 Å². The van der Waals surface area contributed by atoms with Crippen LogP contribution < -0.4 is 11.1 Å². The van der Waals surface area contributed by atoms with Gasteiger partial charge in [0.2, 0.25) is 5.91 Å². The van der Waals surface area contributed by atoms with Crippen molar-refractivity contribution in [2.24, 2.45) is 11.7 Å². The SMILES string of the molecule is NC(=O)c1ccc(NCC2CCCOC2)cc1. The highest BCUT2D eigenvalue weighted by Crippen LogP contribution is 2.15. The standard InChI is InChI=1S/C13H18N2O2/c14-13(16)11-3-5-12(6-4-11)15-8-10-2-1-7-17-9-10/h3-6,10,15H,1-2,7-9H2,(H2,14,16).